The predicted molar refractivity (Wildman–Crippen MR) is 93.6 cm³/mol. The molecule has 1 aliphatic rings. The van der Waals surface area contributed by atoms with E-state index in [9.17, 15) is 9.18 Å². The van der Waals surface area contributed by atoms with Crippen LogP contribution in [0.15, 0.2) is 48.8 Å². The Morgan fingerprint density at radius 1 is 1.24 bits per heavy atom. The number of ether oxygens (including phenoxy) is 1. The molecule has 0 atom stereocenters. The molecule has 5 nitrogen and oxygen atoms in total. The number of benzene rings is 1. The highest BCUT2D eigenvalue weighted by molar-refractivity contribution is 5.67. The van der Waals surface area contributed by atoms with Gasteiger partial charge >= 0.3 is 6.09 Å². The summed E-state index contributed by atoms with van der Waals surface area (Å²) in [5.74, 6) is 0.205. The van der Waals surface area contributed by atoms with Gasteiger partial charge in [-0.05, 0) is 48.6 Å². The second-order valence-electron chi connectivity index (χ2n) is 6.23. The van der Waals surface area contributed by atoms with Gasteiger partial charge in [-0.2, -0.15) is 0 Å². The molecule has 0 unspecified atom stereocenters. The number of halogens is 1. The lowest BCUT2D eigenvalue weighted by Crippen LogP contribution is -2.40. The molecule has 0 bridgehead atoms. The van der Waals surface area contributed by atoms with Gasteiger partial charge in [0, 0.05) is 37.7 Å². The summed E-state index contributed by atoms with van der Waals surface area (Å²) in [5.41, 5.74) is 1.72. The number of carbonyl (C=O) groups is 1. The summed E-state index contributed by atoms with van der Waals surface area (Å²) < 4.78 is 18.4. The van der Waals surface area contributed by atoms with Crippen LogP contribution in [-0.4, -0.2) is 35.6 Å². The summed E-state index contributed by atoms with van der Waals surface area (Å²) in [6.07, 6.45) is 5.07. The lowest BCUT2D eigenvalue weighted by atomic mass is 9.97. The summed E-state index contributed by atoms with van der Waals surface area (Å²) in [5, 5.41) is 3.40. The Bertz CT molecular complexity index is 688. The van der Waals surface area contributed by atoms with E-state index in [0.29, 0.717) is 24.6 Å². The summed E-state index contributed by atoms with van der Waals surface area (Å²) >= 11 is 0. The maximum Gasteiger partial charge on any atom is 0.410 e. The van der Waals surface area contributed by atoms with Gasteiger partial charge < -0.3 is 15.0 Å². The van der Waals surface area contributed by atoms with Crippen molar-refractivity contribution in [2.24, 2.45) is 5.92 Å². The Labute approximate surface area is 146 Å². The predicted octanol–water partition coefficient (Wildman–Crippen LogP) is 3.68. The summed E-state index contributed by atoms with van der Waals surface area (Å²) in [6, 6.07) is 9.99. The van der Waals surface area contributed by atoms with E-state index in [0.717, 1.165) is 25.1 Å². The average Bonchev–Trinajstić information content (AvgIpc) is 2.66. The molecule has 0 radical (unpaired) electrons. The number of hydrogen-bond donors (Lipinski definition) is 1. The second kappa shape index (κ2) is 8.46. The number of rotatable bonds is 5. The van der Waals surface area contributed by atoms with Crippen LogP contribution in [-0.2, 0) is 11.3 Å². The van der Waals surface area contributed by atoms with Crippen LogP contribution < -0.4 is 5.32 Å². The maximum absolute atomic E-state index is 13.1. The fourth-order valence-electron chi connectivity index (χ4n) is 2.91. The molecule has 3 rings (SSSR count). The minimum atomic E-state index is -0.329. The Kier molecular flexibility index (Phi) is 5.82. The molecule has 2 aromatic rings. The zero-order valence-electron chi connectivity index (χ0n) is 14.0. The van der Waals surface area contributed by atoms with Crippen LogP contribution in [0.5, 0.6) is 0 Å². The van der Waals surface area contributed by atoms with Crippen molar-refractivity contribution in [3.63, 3.8) is 0 Å². The molecule has 1 N–H and O–H groups in total. The highest BCUT2D eigenvalue weighted by Gasteiger charge is 2.23. The van der Waals surface area contributed by atoms with Crippen LogP contribution >= 0.6 is 0 Å². The molecule has 0 aliphatic carbocycles. The minimum absolute atomic E-state index is 0.0973. The van der Waals surface area contributed by atoms with E-state index < -0.39 is 0 Å². The van der Waals surface area contributed by atoms with Gasteiger partial charge in [0.15, 0.2) is 0 Å². The fraction of sp³-hybridized carbons (Fsp3) is 0.368. The summed E-state index contributed by atoms with van der Waals surface area (Å²) in [4.78, 5) is 17.8. The van der Waals surface area contributed by atoms with Gasteiger partial charge in [-0.1, -0.05) is 12.1 Å². The molecule has 6 heteroatoms. The third-order valence-corrected chi connectivity index (χ3v) is 4.40. The Morgan fingerprint density at radius 3 is 2.72 bits per heavy atom. The zero-order chi connectivity index (χ0) is 17.5. The topological polar surface area (TPSA) is 54.5 Å². The first-order valence-corrected chi connectivity index (χ1v) is 8.51. The molecule has 1 saturated heterocycles. The van der Waals surface area contributed by atoms with Crippen LogP contribution in [0, 0.1) is 11.7 Å². The summed E-state index contributed by atoms with van der Waals surface area (Å²) in [7, 11) is 0. The number of aromatic nitrogens is 1. The Morgan fingerprint density at radius 2 is 2.00 bits per heavy atom. The zero-order valence-corrected chi connectivity index (χ0v) is 14.0. The number of nitrogens with one attached hydrogen (secondary N) is 1. The number of nitrogens with zero attached hydrogens (tertiary/aromatic N) is 2. The quantitative estimate of drug-likeness (QED) is 0.900. The third-order valence-electron chi connectivity index (χ3n) is 4.40. The van der Waals surface area contributed by atoms with Crippen LogP contribution in [0.1, 0.15) is 18.4 Å². The van der Waals surface area contributed by atoms with Crippen molar-refractivity contribution in [3.05, 3.63) is 60.2 Å². The normalized spacial score (nSPS) is 15.0. The van der Waals surface area contributed by atoms with Gasteiger partial charge in [-0.15, -0.1) is 0 Å². The fourth-order valence-corrected chi connectivity index (χ4v) is 2.91. The lowest BCUT2D eigenvalue weighted by molar-refractivity contribution is 0.0832. The standard InChI is InChI=1S/C19H22FN3O2/c20-17-3-1-2-16(12-17)14-25-19(24)23-10-6-15(7-11-23)13-22-18-4-8-21-9-5-18/h1-5,8-9,12,15H,6-7,10-11,13-14H2,(H,21,22). The summed E-state index contributed by atoms with van der Waals surface area (Å²) in [6.45, 7) is 2.35. The first kappa shape index (κ1) is 17.2. The molecule has 0 saturated carbocycles. The smallest absolute Gasteiger partial charge is 0.410 e. The minimum Gasteiger partial charge on any atom is -0.445 e. The highest BCUT2D eigenvalue weighted by atomic mass is 19.1. The number of likely N-dealkylation sites (tertiary alicyclic amines) is 1. The molecule has 1 fully saturated rings. The molecule has 132 valence electrons. The number of piperidine rings is 1. The van der Waals surface area contributed by atoms with Crippen molar-refractivity contribution in [1.82, 2.24) is 9.88 Å². The van der Waals surface area contributed by atoms with E-state index in [2.05, 4.69) is 10.3 Å². The van der Waals surface area contributed by atoms with E-state index in [-0.39, 0.29) is 18.5 Å². The van der Waals surface area contributed by atoms with Gasteiger partial charge in [0.25, 0.3) is 0 Å². The van der Waals surface area contributed by atoms with E-state index in [4.69, 9.17) is 4.74 Å². The maximum atomic E-state index is 13.1. The van der Waals surface area contributed by atoms with E-state index in [1.165, 1.54) is 12.1 Å². The Hall–Kier alpha value is -2.63. The largest absolute Gasteiger partial charge is 0.445 e. The van der Waals surface area contributed by atoms with Crippen LogP contribution in [0.3, 0.4) is 0 Å². The number of amides is 1. The van der Waals surface area contributed by atoms with Crippen molar-refractivity contribution in [3.8, 4) is 0 Å². The van der Waals surface area contributed by atoms with Gasteiger partial charge in [-0.25, -0.2) is 9.18 Å². The van der Waals surface area contributed by atoms with E-state index in [1.54, 1.807) is 29.4 Å². The van der Waals surface area contributed by atoms with Crippen molar-refractivity contribution < 1.29 is 13.9 Å². The van der Waals surface area contributed by atoms with Crippen molar-refractivity contribution >= 4 is 11.8 Å². The van der Waals surface area contributed by atoms with Crippen LogP contribution in [0.4, 0.5) is 14.9 Å². The SMILES string of the molecule is O=C(OCc1cccc(F)c1)N1CCC(CNc2ccncc2)CC1. The van der Waals surface area contributed by atoms with Crippen molar-refractivity contribution in [1.29, 1.82) is 0 Å². The van der Waals surface area contributed by atoms with Crippen LogP contribution in [0.25, 0.3) is 0 Å². The molecule has 1 amide bonds. The first-order chi connectivity index (χ1) is 12.2. The molecule has 1 aliphatic heterocycles. The van der Waals surface area contributed by atoms with Gasteiger partial charge in [-0.3, -0.25) is 4.98 Å². The molecule has 0 spiro atoms. The molecule has 1 aromatic carbocycles. The molecule has 2 heterocycles. The molecular weight excluding hydrogens is 321 g/mol. The van der Waals surface area contributed by atoms with Crippen LogP contribution in [0.2, 0.25) is 0 Å². The van der Waals surface area contributed by atoms with Gasteiger partial charge in [0.05, 0.1) is 0 Å². The lowest BCUT2D eigenvalue weighted by Gasteiger charge is -2.31. The third kappa shape index (κ3) is 5.17. The van der Waals surface area contributed by atoms with Gasteiger partial charge in [0.2, 0.25) is 0 Å². The molecular formula is C19H22FN3O2. The monoisotopic (exact) mass is 343 g/mol. The number of pyridine rings is 1. The van der Waals surface area contributed by atoms with Crippen molar-refractivity contribution in [2.45, 2.75) is 19.4 Å². The van der Waals surface area contributed by atoms with Gasteiger partial charge in [0.1, 0.15) is 12.4 Å². The highest BCUT2D eigenvalue weighted by Crippen LogP contribution is 2.19. The Balaban J connectivity index is 1.38. The number of carbonyl (C=O) groups excluding carboxylic acids is 1. The number of hydrogen-bond acceptors (Lipinski definition) is 4. The second-order valence-corrected chi connectivity index (χ2v) is 6.23. The average molecular weight is 343 g/mol. The number of anilines is 1. The van der Waals surface area contributed by atoms with E-state index in [1.807, 2.05) is 12.1 Å². The van der Waals surface area contributed by atoms with Crippen molar-refractivity contribution in [2.75, 3.05) is 25.0 Å². The first-order valence-electron chi connectivity index (χ1n) is 8.51. The van der Waals surface area contributed by atoms with E-state index >= 15 is 0 Å². The molecule has 1 aromatic heterocycles. The molecule has 25 heavy (non-hydrogen) atoms.